The van der Waals surface area contributed by atoms with Crippen LogP contribution in [-0.4, -0.2) is 34.8 Å². The fourth-order valence-electron chi connectivity index (χ4n) is 2.89. The highest BCUT2D eigenvalue weighted by molar-refractivity contribution is 7.09. The second-order valence-corrected chi connectivity index (χ2v) is 7.12. The monoisotopic (exact) mass is 343 g/mol. The van der Waals surface area contributed by atoms with Crippen molar-refractivity contribution in [1.82, 2.24) is 15.2 Å². The van der Waals surface area contributed by atoms with Crippen LogP contribution < -0.4 is 5.32 Å². The summed E-state index contributed by atoms with van der Waals surface area (Å²) < 4.78 is 0. The van der Waals surface area contributed by atoms with Crippen molar-refractivity contribution < 1.29 is 9.59 Å². The van der Waals surface area contributed by atoms with Crippen LogP contribution in [0.15, 0.2) is 35.7 Å². The van der Waals surface area contributed by atoms with Crippen LogP contribution in [0.1, 0.15) is 22.7 Å². The maximum atomic E-state index is 12.3. The van der Waals surface area contributed by atoms with E-state index in [2.05, 4.69) is 10.3 Å². The van der Waals surface area contributed by atoms with E-state index in [1.807, 2.05) is 42.6 Å². The number of benzene rings is 1. The van der Waals surface area contributed by atoms with Crippen LogP contribution in [0.5, 0.6) is 0 Å². The minimum Gasteiger partial charge on any atom is -0.355 e. The molecule has 5 nitrogen and oxygen atoms in total. The number of nitrogens with one attached hydrogen (secondary N) is 1. The molecular weight excluding hydrogens is 322 g/mol. The first-order chi connectivity index (χ1) is 11.6. The molecule has 1 N–H and O–H groups in total. The minimum absolute atomic E-state index is 0.0362. The highest BCUT2D eigenvalue weighted by Crippen LogP contribution is 2.20. The Labute approximate surface area is 145 Å². The summed E-state index contributed by atoms with van der Waals surface area (Å²) in [6.07, 6.45) is 1.03. The molecule has 0 saturated carbocycles. The summed E-state index contributed by atoms with van der Waals surface area (Å²) >= 11 is 1.61. The summed E-state index contributed by atoms with van der Waals surface area (Å²) in [7, 11) is 0. The number of rotatable bonds is 6. The summed E-state index contributed by atoms with van der Waals surface area (Å²) in [5.74, 6) is -0.238. The number of aromatic nitrogens is 1. The van der Waals surface area contributed by atoms with Gasteiger partial charge in [-0.25, -0.2) is 4.98 Å². The number of amides is 2. The first-order valence-corrected chi connectivity index (χ1v) is 9.00. The zero-order valence-corrected chi connectivity index (χ0v) is 14.5. The molecule has 2 amide bonds. The number of carbonyl (C=O) groups is 2. The van der Waals surface area contributed by atoms with Gasteiger partial charge in [-0.3, -0.25) is 9.59 Å². The van der Waals surface area contributed by atoms with Crippen molar-refractivity contribution in [3.05, 3.63) is 52.0 Å². The predicted octanol–water partition coefficient (Wildman–Crippen LogP) is 2.16. The van der Waals surface area contributed by atoms with Crippen LogP contribution in [0.2, 0.25) is 0 Å². The highest BCUT2D eigenvalue weighted by atomic mass is 32.1. The van der Waals surface area contributed by atoms with E-state index < -0.39 is 0 Å². The summed E-state index contributed by atoms with van der Waals surface area (Å²) in [5.41, 5.74) is 2.09. The molecule has 0 bridgehead atoms. The number of likely N-dealkylation sites (tertiary alicyclic amines) is 1. The molecule has 1 atom stereocenters. The molecule has 126 valence electrons. The van der Waals surface area contributed by atoms with Gasteiger partial charge in [-0.2, -0.15) is 0 Å². The molecule has 2 heterocycles. The number of aryl methyl sites for hydroxylation is 1. The Bertz CT molecular complexity index is 714. The SMILES string of the molecule is Cc1nc(CCNC(=O)[C@@H]2CC(=O)N(Cc3ccccc3)C2)cs1. The second-order valence-electron chi connectivity index (χ2n) is 6.06. The Morgan fingerprint density at radius 2 is 2.17 bits per heavy atom. The van der Waals surface area contributed by atoms with Gasteiger partial charge in [-0.05, 0) is 12.5 Å². The molecule has 0 aliphatic carbocycles. The van der Waals surface area contributed by atoms with Gasteiger partial charge in [0.25, 0.3) is 0 Å². The quantitative estimate of drug-likeness (QED) is 0.874. The van der Waals surface area contributed by atoms with Crippen LogP contribution in [0.25, 0.3) is 0 Å². The molecule has 1 aliphatic heterocycles. The standard InChI is InChI=1S/C18H21N3O2S/c1-13-20-16(12-24-13)7-8-19-18(23)15-9-17(22)21(11-15)10-14-5-3-2-4-6-14/h2-6,12,15H,7-11H2,1H3,(H,19,23)/t15-/m1/s1. The van der Waals surface area contributed by atoms with Gasteiger partial charge < -0.3 is 10.2 Å². The van der Waals surface area contributed by atoms with Crippen LogP contribution in [0.4, 0.5) is 0 Å². The Kier molecular flexibility index (Phi) is 5.25. The number of carbonyl (C=O) groups excluding carboxylic acids is 2. The predicted molar refractivity (Wildman–Crippen MR) is 93.5 cm³/mol. The first-order valence-electron chi connectivity index (χ1n) is 8.12. The molecule has 1 saturated heterocycles. The Morgan fingerprint density at radius 3 is 2.88 bits per heavy atom. The van der Waals surface area contributed by atoms with Crippen LogP contribution in [0, 0.1) is 12.8 Å². The van der Waals surface area contributed by atoms with E-state index in [0.717, 1.165) is 22.7 Å². The van der Waals surface area contributed by atoms with Gasteiger partial charge in [0.15, 0.2) is 0 Å². The molecule has 1 aromatic carbocycles. The van der Waals surface area contributed by atoms with Crippen molar-refractivity contribution >= 4 is 23.2 Å². The lowest BCUT2D eigenvalue weighted by molar-refractivity contribution is -0.129. The third kappa shape index (κ3) is 4.20. The second kappa shape index (κ2) is 7.57. The molecule has 6 heteroatoms. The Balaban J connectivity index is 1.47. The van der Waals surface area contributed by atoms with Crippen molar-refractivity contribution in [3.8, 4) is 0 Å². The topological polar surface area (TPSA) is 62.3 Å². The molecule has 0 spiro atoms. The molecule has 0 unspecified atom stereocenters. The van der Waals surface area contributed by atoms with Crippen molar-refractivity contribution in [2.24, 2.45) is 5.92 Å². The van der Waals surface area contributed by atoms with Crippen LogP contribution >= 0.6 is 11.3 Å². The van der Waals surface area contributed by atoms with E-state index in [9.17, 15) is 9.59 Å². The van der Waals surface area contributed by atoms with Gasteiger partial charge in [0.2, 0.25) is 11.8 Å². The lowest BCUT2D eigenvalue weighted by Gasteiger charge is -2.16. The molecule has 1 fully saturated rings. The zero-order valence-electron chi connectivity index (χ0n) is 13.7. The third-order valence-electron chi connectivity index (χ3n) is 4.15. The molecule has 2 aromatic rings. The van der Waals surface area contributed by atoms with Gasteiger partial charge in [-0.1, -0.05) is 30.3 Å². The average molecular weight is 343 g/mol. The molecule has 1 aliphatic rings. The summed E-state index contributed by atoms with van der Waals surface area (Å²) in [4.78, 5) is 30.6. The largest absolute Gasteiger partial charge is 0.355 e. The fourth-order valence-corrected chi connectivity index (χ4v) is 3.53. The number of hydrogen-bond acceptors (Lipinski definition) is 4. The molecule has 0 radical (unpaired) electrons. The summed E-state index contributed by atoms with van der Waals surface area (Å²) in [6.45, 7) is 3.60. The summed E-state index contributed by atoms with van der Waals surface area (Å²) in [6, 6.07) is 9.86. The smallest absolute Gasteiger partial charge is 0.225 e. The maximum absolute atomic E-state index is 12.3. The Hall–Kier alpha value is -2.21. The van der Waals surface area contributed by atoms with Crippen LogP contribution in [-0.2, 0) is 22.6 Å². The van der Waals surface area contributed by atoms with Crippen molar-refractivity contribution in [3.63, 3.8) is 0 Å². The van der Waals surface area contributed by atoms with E-state index in [4.69, 9.17) is 0 Å². The van der Waals surface area contributed by atoms with E-state index in [-0.39, 0.29) is 17.7 Å². The maximum Gasteiger partial charge on any atom is 0.225 e. The van der Waals surface area contributed by atoms with Crippen molar-refractivity contribution in [2.75, 3.05) is 13.1 Å². The van der Waals surface area contributed by atoms with Gasteiger partial charge >= 0.3 is 0 Å². The Morgan fingerprint density at radius 1 is 1.38 bits per heavy atom. The number of nitrogens with zero attached hydrogens (tertiary/aromatic N) is 2. The third-order valence-corrected chi connectivity index (χ3v) is 4.97. The summed E-state index contributed by atoms with van der Waals surface area (Å²) in [5, 5.41) is 5.99. The lowest BCUT2D eigenvalue weighted by atomic mass is 10.1. The normalized spacial score (nSPS) is 17.3. The van der Waals surface area contributed by atoms with Crippen molar-refractivity contribution in [1.29, 1.82) is 0 Å². The van der Waals surface area contributed by atoms with Crippen LogP contribution in [0.3, 0.4) is 0 Å². The zero-order chi connectivity index (χ0) is 16.9. The van der Waals surface area contributed by atoms with E-state index in [0.29, 0.717) is 26.1 Å². The van der Waals surface area contributed by atoms with Gasteiger partial charge in [-0.15, -0.1) is 11.3 Å². The first kappa shape index (κ1) is 16.6. The highest BCUT2D eigenvalue weighted by Gasteiger charge is 2.33. The van der Waals surface area contributed by atoms with E-state index in [1.54, 1.807) is 16.2 Å². The minimum atomic E-state index is -0.251. The van der Waals surface area contributed by atoms with E-state index in [1.165, 1.54) is 0 Å². The van der Waals surface area contributed by atoms with Crippen molar-refractivity contribution in [2.45, 2.75) is 26.3 Å². The van der Waals surface area contributed by atoms with Gasteiger partial charge in [0.05, 0.1) is 16.6 Å². The van der Waals surface area contributed by atoms with E-state index >= 15 is 0 Å². The molecule has 1 aromatic heterocycles. The molecule has 24 heavy (non-hydrogen) atoms. The van der Waals surface area contributed by atoms with Gasteiger partial charge in [0.1, 0.15) is 0 Å². The average Bonchev–Trinajstić information content (AvgIpc) is 3.15. The number of hydrogen-bond donors (Lipinski definition) is 1. The van der Waals surface area contributed by atoms with Gasteiger partial charge in [0, 0.05) is 37.9 Å². The lowest BCUT2D eigenvalue weighted by Crippen LogP contribution is -2.34. The fraction of sp³-hybridized carbons (Fsp3) is 0.389. The molecule has 3 rings (SSSR count). The number of thiazole rings is 1. The molecular formula is C18H21N3O2S.